The van der Waals surface area contributed by atoms with Crippen molar-refractivity contribution in [1.29, 1.82) is 0 Å². The molecule has 3 nitrogen and oxygen atoms in total. The highest BCUT2D eigenvalue weighted by Gasteiger charge is 2.47. The molecule has 3 fully saturated rings. The molecule has 4 atom stereocenters. The second kappa shape index (κ2) is 7.41. The molecule has 3 aliphatic rings. The third-order valence-electron chi connectivity index (χ3n) is 5.80. The summed E-state index contributed by atoms with van der Waals surface area (Å²) >= 11 is 12.3. The molecule has 132 valence electrons. The van der Waals surface area contributed by atoms with E-state index in [1.807, 2.05) is 12.1 Å². The van der Waals surface area contributed by atoms with E-state index in [-0.39, 0.29) is 24.2 Å². The van der Waals surface area contributed by atoms with Gasteiger partial charge >= 0.3 is 0 Å². The summed E-state index contributed by atoms with van der Waals surface area (Å²) in [6.45, 7) is 4.08. The van der Waals surface area contributed by atoms with Gasteiger partial charge in [0.05, 0.1) is 0 Å². The van der Waals surface area contributed by atoms with Crippen LogP contribution >= 0.6 is 35.6 Å². The molecule has 2 aliphatic heterocycles. The number of nitrogens with one attached hydrogen (secondary N) is 1. The number of halogens is 3. The largest absolute Gasteiger partial charge is 0.342 e. The van der Waals surface area contributed by atoms with Gasteiger partial charge in [0.15, 0.2) is 0 Å². The van der Waals surface area contributed by atoms with Gasteiger partial charge in [-0.05, 0) is 67.8 Å². The molecule has 1 amide bonds. The standard InChI is InChI=1S/C18H22Cl2N2O.ClH/c19-13-1-2-14(17(20)7-13)15-8-16(15)18(23)22-5-3-11-9-21-10-12(11)4-6-22;/h1-2,7,11-12,15-16,21H,3-6,8-10H2;1H/t11-,12+,15?,16?;. The fourth-order valence-corrected chi connectivity index (χ4v) is 4.84. The summed E-state index contributed by atoms with van der Waals surface area (Å²) in [5, 5.41) is 4.82. The summed E-state index contributed by atoms with van der Waals surface area (Å²) in [6.07, 6.45) is 3.20. The van der Waals surface area contributed by atoms with Crippen molar-refractivity contribution in [1.82, 2.24) is 10.2 Å². The van der Waals surface area contributed by atoms with Gasteiger partial charge in [-0.1, -0.05) is 29.3 Å². The van der Waals surface area contributed by atoms with Crippen LogP contribution in [0.5, 0.6) is 0 Å². The maximum atomic E-state index is 12.8. The van der Waals surface area contributed by atoms with E-state index in [4.69, 9.17) is 23.2 Å². The summed E-state index contributed by atoms with van der Waals surface area (Å²) in [5.74, 6) is 2.23. The van der Waals surface area contributed by atoms with Gasteiger partial charge in [0.2, 0.25) is 5.91 Å². The Hall–Kier alpha value is -0.480. The van der Waals surface area contributed by atoms with E-state index < -0.39 is 0 Å². The minimum Gasteiger partial charge on any atom is -0.342 e. The summed E-state index contributed by atoms with van der Waals surface area (Å²) < 4.78 is 0. The molecular formula is C18H23Cl3N2O. The lowest BCUT2D eigenvalue weighted by atomic mass is 9.92. The Balaban J connectivity index is 0.00000169. The average Bonchev–Trinajstić information content (AvgIpc) is 3.24. The lowest BCUT2D eigenvalue weighted by Gasteiger charge is -2.21. The molecule has 2 saturated heterocycles. The van der Waals surface area contributed by atoms with Crippen LogP contribution in [0.25, 0.3) is 0 Å². The minimum absolute atomic E-state index is 0. The number of hydrogen-bond acceptors (Lipinski definition) is 2. The fourth-order valence-electron chi connectivity index (χ4n) is 4.29. The lowest BCUT2D eigenvalue weighted by Crippen LogP contribution is -2.34. The number of amides is 1. The van der Waals surface area contributed by atoms with Crippen LogP contribution in [-0.4, -0.2) is 37.0 Å². The van der Waals surface area contributed by atoms with Crippen LogP contribution in [0.15, 0.2) is 18.2 Å². The van der Waals surface area contributed by atoms with E-state index in [0.29, 0.717) is 16.0 Å². The van der Waals surface area contributed by atoms with Crippen LogP contribution < -0.4 is 5.32 Å². The van der Waals surface area contributed by atoms with Crippen LogP contribution in [0.3, 0.4) is 0 Å². The zero-order chi connectivity index (χ0) is 16.0. The summed E-state index contributed by atoms with van der Waals surface area (Å²) in [7, 11) is 0. The molecule has 1 N–H and O–H groups in total. The zero-order valence-corrected chi connectivity index (χ0v) is 15.8. The van der Waals surface area contributed by atoms with Gasteiger partial charge in [0, 0.05) is 29.1 Å². The number of benzene rings is 1. The molecule has 1 aromatic rings. The Labute approximate surface area is 159 Å². The average molecular weight is 390 g/mol. The zero-order valence-electron chi connectivity index (χ0n) is 13.5. The maximum Gasteiger partial charge on any atom is 0.226 e. The molecule has 0 spiro atoms. The lowest BCUT2D eigenvalue weighted by molar-refractivity contribution is -0.132. The second-order valence-corrected chi connectivity index (χ2v) is 8.04. The van der Waals surface area contributed by atoms with Crippen LogP contribution in [0.4, 0.5) is 0 Å². The van der Waals surface area contributed by atoms with Crippen LogP contribution in [-0.2, 0) is 4.79 Å². The molecule has 1 aliphatic carbocycles. The Morgan fingerprint density at radius 3 is 2.42 bits per heavy atom. The van der Waals surface area contributed by atoms with Gasteiger partial charge in [0.1, 0.15) is 0 Å². The number of likely N-dealkylation sites (tertiary alicyclic amines) is 1. The first-order valence-corrected chi connectivity index (χ1v) is 9.33. The van der Waals surface area contributed by atoms with Gasteiger partial charge in [-0.15, -0.1) is 12.4 Å². The van der Waals surface area contributed by atoms with Gasteiger partial charge in [-0.3, -0.25) is 4.79 Å². The first kappa shape index (κ1) is 18.3. The summed E-state index contributed by atoms with van der Waals surface area (Å²) in [6, 6.07) is 5.61. The number of nitrogens with zero attached hydrogens (tertiary/aromatic N) is 1. The van der Waals surface area contributed by atoms with E-state index in [1.54, 1.807) is 6.07 Å². The molecule has 1 saturated carbocycles. The highest BCUT2D eigenvalue weighted by Crippen LogP contribution is 2.51. The van der Waals surface area contributed by atoms with Crippen LogP contribution in [0.2, 0.25) is 10.0 Å². The first-order chi connectivity index (χ1) is 11.1. The van der Waals surface area contributed by atoms with E-state index >= 15 is 0 Å². The van der Waals surface area contributed by atoms with Gasteiger partial charge < -0.3 is 10.2 Å². The van der Waals surface area contributed by atoms with Crippen molar-refractivity contribution >= 4 is 41.5 Å². The van der Waals surface area contributed by atoms with E-state index in [0.717, 1.165) is 62.8 Å². The Morgan fingerprint density at radius 2 is 1.79 bits per heavy atom. The molecule has 0 bridgehead atoms. The third kappa shape index (κ3) is 3.55. The normalized spacial score (nSPS) is 31.8. The molecular weight excluding hydrogens is 367 g/mol. The van der Waals surface area contributed by atoms with Crippen molar-refractivity contribution in [3.63, 3.8) is 0 Å². The molecule has 0 radical (unpaired) electrons. The third-order valence-corrected chi connectivity index (χ3v) is 6.36. The summed E-state index contributed by atoms with van der Waals surface area (Å²) in [4.78, 5) is 14.9. The van der Waals surface area contributed by atoms with Crippen LogP contribution in [0, 0.1) is 17.8 Å². The topological polar surface area (TPSA) is 32.3 Å². The molecule has 1 aromatic carbocycles. The second-order valence-electron chi connectivity index (χ2n) is 7.20. The number of rotatable bonds is 2. The smallest absolute Gasteiger partial charge is 0.226 e. The minimum atomic E-state index is 0. The van der Waals surface area contributed by atoms with Gasteiger partial charge in [0.25, 0.3) is 0 Å². The van der Waals surface area contributed by atoms with Gasteiger partial charge in [-0.2, -0.15) is 0 Å². The van der Waals surface area contributed by atoms with Crippen LogP contribution in [0.1, 0.15) is 30.7 Å². The maximum absolute atomic E-state index is 12.8. The Morgan fingerprint density at radius 1 is 1.12 bits per heavy atom. The van der Waals surface area contributed by atoms with Crippen molar-refractivity contribution in [2.75, 3.05) is 26.2 Å². The number of fused-ring (bicyclic) bond motifs is 1. The predicted octanol–water partition coefficient (Wildman–Crippen LogP) is 3.98. The SMILES string of the molecule is Cl.O=C(C1CC1c1ccc(Cl)cc1Cl)N1CC[C@@H]2CNC[C@@H]2CC1. The molecule has 2 unspecified atom stereocenters. The predicted molar refractivity (Wildman–Crippen MR) is 100 cm³/mol. The van der Waals surface area contributed by atoms with Crippen molar-refractivity contribution in [3.8, 4) is 0 Å². The molecule has 24 heavy (non-hydrogen) atoms. The molecule has 0 aromatic heterocycles. The monoisotopic (exact) mass is 388 g/mol. The number of carbonyl (C=O) groups is 1. The molecule has 6 heteroatoms. The highest BCUT2D eigenvalue weighted by molar-refractivity contribution is 6.35. The van der Waals surface area contributed by atoms with E-state index in [1.165, 1.54) is 0 Å². The fraction of sp³-hybridized carbons (Fsp3) is 0.611. The van der Waals surface area contributed by atoms with E-state index in [9.17, 15) is 4.79 Å². The molecule has 2 heterocycles. The highest BCUT2D eigenvalue weighted by atomic mass is 35.5. The Kier molecular flexibility index (Phi) is 5.65. The summed E-state index contributed by atoms with van der Waals surface area (Å²) in [5.41, 5.74) is 1.07. The number of hydrogen-bond donors (Lipinski definition) is 1. The first-order valence-electron chi connectivity index (χ1n) is 8.58. The van der Waals surface area contributed by atoms with Crippen molar-refractivity contribution < 1.29 is 4.79 Å². The quantitative estimate of drug-likeness (QED) is 0.830. The number of carbonyl (C=O) groups excluding carboxylic acids is 1. The van der Waals surface area contributed by atoms with Crippen molar-refractivity contribution in [2.45, 2.75) is 25.2 Å². The van der Waals surface area contributed by atoms with Gasteiger partial charge in [-0.25, -0.2) is 0 Å². The van der Waals surface area contributed by atoms with Crippen molar-refractivity contribution in [2.24, 2.45) is 17.8 Å². The Bertz CT molecular complexity index is 610. The van der Waals surface area contributed by atoms with E-state index in [2.05, 4.69) is 10.2 Å². The van der Waals surface area contributed by atoms with Crippen molar-refractivity contribution in [3.05, 3.63) is 33.8 Å². The molecule has 4 rings (SSSR count).